The summed E-state index contributed by atoms with van der Waals surface area (Å²) in [5, 5.41) is 2.49. The maximum absolute atomic E-state index is 13.6. The van der Waals surface area contributed by atoms with Gasteiger partial charge in [-0.05, 0) is 36.4 Å². The fraction of sp³-hybridized carbons (Fsp3) is 0.350. The molecule has 7 heteroatoms. The van der Waals surface area contributed by atoms with Gasteiger partial charge in [-0.15, -0.1) is 0 Å². The number of rotatable bonds is 6. The maximum Gasteiger partial charge on any atom is 0.225 e. The zero-order valence-corrected chi connectivity index (χ0v) is 15.3. The molecule has 0 atom stereocenters. The highest BCUT2D eigenvalue weighted by atomic mass is 19.1. The summed E-state index contributed by atoms with van der Waals surface area (Å²) >= 11 is 0. The van der Waals surface area contributed by atoms with Crippen molar-refractivity contribution in [3.05, 3.63) is 54.1 Å². The topological polar surface area (TPSA) is 44.8 Å². The Bertz CT molecular complexity index is 775. The van der Waals surface area contributed by atoms with E-state index in [0.717, 1.165) is 49.7 Å². The number of hydrogen-bond donors (Lipinski definition) is 1. The lowest BCUT2D eigenvalue weighted by molar-refractivity contribution is -0.116. The van der Waals surface area contributed by atoms with Crippen LogP contribution in [0.5, 0.6) is 5.75 Å². The van der Waals surface area contributed by atoms with Gasteiger partial charge in [0.05, 0.1) is 12.8 Å². The minimum absolute atomic E-state index is 0.00530. The number of carbonyl (C=O) groups is 1. The van der Waals surface area contributed by atoms with E-state index in [4.69, 9.17) is 4.74 Å². The van der Waals surface area contributed by atoms with Crippen LogP contribution in [0.4, 0.5) is 20.2 Å². The van der Waals surface area contributed by atoms with E-state index in [1.165, 1.54) is 6.07 Å². The van der Waals surface area contributed by atoms with Crippen molar-refractivity contribution in [2.24, 2.45) is 0 Å². The molecular weight excluding hydrogens is 352 g/mol. The van der Waals surface area contributed by atoms with Crippen LogP contribution in [0.15, 0.2) is 42.5 Å². The minimum atomic E-state index is -0.767. The molecule has 144 valence electrons. The Morgan fingerprint density at radius 2 is 1.78 bits per heavy atom. The molecule has 2 aromatic rings. The average Bonchev–Trinajstić information content (AvgIpc) is 2.69. The third-order valence-electron chi connectivity index (χ3n) is 4.67. The molecule has 1 fully saturated rings. The van der Waals surface area contributed by atoms with Crippen molar-refractivity contribution in [1.29, 1.82) is 0 Å². The first-order chi connectivity index (χ1) is 13.0. The van der Waals surface area contributed by atoms with Crippen LogP contribution in [-0.4, -0.2) is 50.6 Å². The minimum Gasteiger partial charge on any atom is -0.497 e. The Kier molecular flexibility index (Phi) is 6.24. The number of benzene rings is 2. The highest BCUT2D eigenvalue weighted by molar-refractivity contribution is 5.90. The van der Waals surface area contributed by atoms with Gasteiger partial charge in [-0.3, -0.25) is 9.69 Å². The molecule has 0 aliphatic carbocycles. The molecule has 0 radical (unpaired) electrons. The monoisotopic (exact) mass is 375 g/mol. The zero-order valence-electron chi connectivity index (χ0n) is 15.3. The molecule has 1 aliphatic heterocycles. The van der Waals surface area contributed by atoms with E-state index in [1.807, 2.05) is 24.3 Å². The summed E-state index contributed by atoms with van der Waals surface area (Å²) in [6.45, 7) is 4.06. The van der Waals surface area contributed by atoms with Crippen molar-refractivity contribution in [2.75, 3.05) is 50.1 Å². The molecule has 1 amide bonds. The lowest BCUT2D eigenvalue weighted by Gasteiger charge is -2.36. The molecular formula is C20H23F2N3O2. The molecule has 1 N–H and O–H groups in total. The van der Waals surface area contributed by atoms with E-state index in [0.29, 0.717) is 6.54 Å². The van der Waals surface area contributed by atoms with E-state index < -0.39 is 11.6 Å². The number of nitrogens with one attached hydrogen (secondary N) is 1. The third-order valence-corrected chi connectivity index (χ3v) is 4.67. The van der Waals surface area contributed by atoms with Gasteiger partial charge in [-0.2, -0.15) is 0 Å². The second kappa shape index (κ2) is 8.81. The lowest BCUT2D eigenvalue weighted by atomic mass is 10.2. The number of hydrogen-bond acceptors (Lipinski definition) is 4. The molecule has 27 heavy (non-hydrogen) atoms. The molecule has 5 nitrogen and oxygen atoms in total. The highest BCUT2D eigenvalue weighted by Crippen LogP contribution is 2.20. The molecule has 0 saturated carbocycles. The van der Waals surface area contributed by atoms with Crippen molar-refractivity contribution in [3.63, 3.8) is 0 Å². The summed E-state index contributed by atoms with van der Waals surface area (Å²) in [5.41, 5.74) is 1.16. The number of nitrogens with zero attached hydrogens (tertiary/aromatic N) is 2. The molecule has 0 unspecified atom stereocenters. The number of amides is 1. The quantitative estimate of drug-likeness (QED) is 0.843. The zero-order chi connectivity index (χ0) is 19.2. The normalized spacial score (nSPS) is 14.9. The Labute approximate surface area is 157 Å². The molecule has 2 aromatic carbocycles. The van der Waals surface area contributed by atoms with Crippen LogP contribution in [0.25, 0.3) is 0 Å². The van der Waals surface area contributed by atoms with Gasteiger partial charge < -0.3 is 15.0 Å². The van der Waals surface area contributed by atoms with E-state index >= 15 is 0 Å². The first-order valence-corrected chi connectivity index (χ1v) is 8.91. The largest absolute Gasteiger partial charge is 0.497 e. The summed E-state index contributed by atoms with van der Waals surface area (Å²) in [6.07, 6.45) is 0.263. The maximum atomic E-state index is 13.6. The van der Waals surface area contributed by atoms with Crippen molar-refractivity contribution in [2.45, 2.75) is 6.42 Å². The van der Waals surface area contributed by atoms with Crippen LogP contribution in [0.2, 0.25) is 0 Å². The van der Waals surface area contributed by atoms with Crippen LogP contribution < -0.4 is 15.0 Å². The standard InChI is InChI=1S/C20H23F2N3O2/c1-27-17-5-3-16(4-6-17)25-12-10-24(11-13-25)9-8-20(26)23-19-7-2-15(21)14-18(19)22/h2-7,14H,8-13H2,1H3,(H,23,26). The first-order valence-electron chi connectivity index (χ1n) is 8.91. The Hall–Kier alpha value is -2.67. The summed E-state index contributed by atoms with van der Waals surface area (Å²) in [5.74, 6) is -0.879. The van der Waals surface area contributed by atoms with E-state index in [1.54, 1.807) is 7.11 Å². The molecule has 0 bridgehead atoms. The predicted molar refractivity (Wildman–Crippen MR) is 101 cm³/mol. The van der Waals surface area contributed by atoms with Gasteiger partial charge in [0.1, 0.15) is 17.4 Å². The van der Waals surface area contributed by atoms with Crippen LogP contribution in [-0.2, 0) is 4.79 Å². The number of carbonyl (C=O) groups excluding carboxylic acids is 1. The van der Waals surface area contributed by atoms with Crippen LogP contribution in [0.1, 0.15) is 6.42 Å². The number of methoxy groups -OCH3 is 1. The van der Waals surface area contributed by atoms with Crippen LogP contribution in [0, 0.1) is 11.6 Å². The number of ether oxygens (including phenoxy) is 1. The van der Waals surface area contributed by atoms with Gasteiger partial charge in [0.2, 0.25) is 5.91 Å². The van der Waals surface area contributed by atoms with E-state index in [2.05, 4.69) is 15.1 Å². The molecule has 3 rings (SSSR count). The molecule has 0 spiro atoms. The summed E-state index contributed by atoms with van der Waals surface area (Å²) in [7, 11) is 1.65. The smallest absolute Gasteiger partial charge is 0.225 e. The number of halogens is 2. The van der Waals surface area contributed by atoms with Crippen molar-refractivity contribution in [3.8, 4) is 5.75 Å². The van der Waals surface area contributed by atoms with Crippen LogP contribution >= 0.6 is 0 Å². The second-order valence-electron chi connectivity index (χ2n) is 6.45. The van der Waals surface area contributed by atoms with Gasteiger partial charge >= 0.3 is 0 Å². The predicted octanol–water partition coefficient (Wildman–Crippen LogP) is 3.12. The lowest BCUT2D eigenvalue weighted by Crippen LogP contribution is -2.47. The van der Waals surface area contributed by atoms with Gasteiger partial charge in [-0.1, -0.05) is 0 Å². The SMILES string of the molecule is COc1ccc(N2CCN(CCC(=O)Nc3ccc(F)cc3F)CC2)cc1. The summed E-state index contributed by atoms with van der Waals surface area (Å²) in [6, 6.07) is 11.1. The van der Waals surface area contributed by atoms with Gasteiger partial charge in [0.15, 0.2) is 0 Å². The second-order valence-corrected chi connectivity index (χ2v) is 6.45. The summed E-state index contributed by atoms with van der Waals surface area (Å²) in [4.78, 5) is 16.5. The molecule has 1 aliphatic rings. The molecule has 1 saturated heterocycles. The fourth-order valence-corrected chi connectivity index (χ4v) is 3.09. The summed E-state index contributed by atoms with van der Waals surface area (Å²) < 4.78 is 31.7. The van der Waals surface area contributed by atoms with Crippen molar-refractivity contribution >= 4 is 17.3 Å². The molecule has 0 aromatic heterocycles. The Morgan fingerprint density at radius 1 is 1.07 bits per heavy atom. The van der Waals surface area contributed by atoms with Gasteiger partial charge in [0, 0.05) is 50.9 Å². The van der Waals surface area contributed by atoms with Gasteiger partial charge in [-0.25, -0.2) is 8.78 Å². The third kappa shape index (κ3) is 5.17. The number of piperazine rings is 1. The fourth-order valence-electron chi connectivity index (χ4n) is 3.09. The average molecular weight is 375 g/mol. The first kappa shape index (κ1) is 19.1. The van der Waals surface area contributed by atoms with Gasteiger partial charge in [0.25, 0.3) is 0 Å². The van der Waals surface area contributed by atoms with Crippen LogP contribution in [0.3, 0.4) is 0 Å². The number of anilines is 2. The molecule has 1 heterocycles. The van der Waals surface area contributed by atoms with E-state index in [-0.39, 0.29) is 18.0 Å². The van der Waals surface area contributed by atoms with Crippen molar-refractivity contribution < 1.29 is 18.3 Å². The highest BCUT2D eigenvalue weighted by Gasteiger charge is 2.18. The van der Waals surface area contributed by atoms with E-state index in [9.17, 15) is 13.6 Å². The Morgan fingerprint density at radius 3 is 2.41 bits per heavy atom. The Balaban J connectivity index is 1.43. The van der Waals surface area contributed by atoms with Crippen molar-refractivity contribution in [1.82, 2.24) is 4.90 Å².